The molecule has 2 fully saturated rings. The Kier molecular flexibility index (Phi) is 8.76. The molecule has 11 heteroatoms. The molecule has 3 aliphatic heterocycles. The average molecular weight is 548 g/mol. The number of β-lactam (4-membered cyclic amide) rings is 1. The summed E-state index contributed by atoms with van der Waals surface area (Å²) < 4.78 is 14.9. The van der Waals surface area contributed by atoms with Crippen molar-refractivity contribution in [3.8, 4) is 0 Å². The normalized spacial score (nSPS) is 27.5. The number of aliphatic hydroxyl groups is 1. The number of fused-ring (bicyclic) bond motifs is 1. The maximum absolute atomic E-state index is 13.0. The van der Waals surface area contributed by atoms with Crippen LogP contribution in [0.3, 0.4) is 0 Å². The fraction of sp³-hybridized carbons (Fsp3) is 0.538. The Bertz CT molecular complexity index is 1070. The molecule has 1 aromatic heterocycles. The lowest BCUT2D eigenvalue weighted by molar-refractivity contribution is -0.164. The summed E-state index contributed by atoms with van der Waals surface area (Å²) in [6.45, 7) is 11.4. The number of hydrogen-bond acceptors (Lipinski definition) is 9. The number of ether oxygens (including phenoxy) is 2. The third-order valence-corrected chi connectivity index (χ3v) is 9.37. The Morgan fingerprint density at radius 2 is 2.05 bits per heavy atom. The average Bonchev–Trinajstić information content (AvgIpc) is 3.58. The van der Waals surface area contributed by atoms with Crippen LogP contribution >= 0.6 is 23.3 Å². The van der Waals surface area contributed by atoms with E-state index in [4.69, 9.17) is 9.47 Å². The largest absolute Gasteiger partial charge is 0.457 e. The summed E-state index contributed by atoms with van der Waals surface area (Å²) in [5.41, 5.74) is 0.250. The van der Waals surface area contributed by atoms with Gasteiger partial charge in [0.2, 0.25) is 5.91 Å². The molecule has 3 aliphatic rings. The third-order valence-electron chi connectivity index (χ3n) is 7.08. The van der Waals surface area contributed by atoms with Crippen molar-refractivity contribution < 1.29 is 29.0 Å². The van der Waals surface area contributed by atoms with Crippen LogP contribution in [-0.2, 0) is 25.5 Å². The number of carbonyl (C=O) groups is 3. The molecule has 1 aromatic rings. The predicted octanol–water partition coefficient (Wildman–Crippen LogP) is 3.37. The first-order valence-electron chi connectivity index (χ1n) is 12.4. The van der Waals surface area contributed by atoms with Crippen LogP contribution in [0.2, 0.25) is 0 Å². The SMILES string of the molecule is C=CCOC(=O)C1=C(S[C@H]2C[C@@H](CCc3ccns3)N(C(=O)OCC=C)C2)[C@H](C)[C@@H]2[C@@H]([C@@H](C)O)C(=O)N12. The van der Waals surface area contributed by atoms with Crippen LogP contribution in [0.4, 0.5) is 4.79 Å². The number of esters is 1. The van der Waals surface area contributed by atoms with Gasteiger partial charge in [0, 0.05) is 39.7 Å². The molecule has 4 heterocycles. The topological polar surface area (TPSA) is 109 Å². The van der Waals surface area contributed by atoms with Crippen molar-refractivity contribution in [2.45, 2.75) is 56.5 Å². The van der Waals surface area contributed by atoms with Crippen molar-refractivity contribution in [3.05, 3.63) is 53.1 Å². The number of aliphatic hydroxyl groups excluding tert-OH is 1. The number of carbonyl (C=O) groups excluding carboxylic acids is 3. The van der Waals surface area contributed by atoms with E-state index in [1.807, 2.05) is 13.0 Å². The quantitative estimate of drug-likeness (QED) is 0.255. The Labute approximate surface area is 225 Å². The zero-order valence-corrected chi connectivity index (χ0v) is 22.7. The molecule has 0 aliphatic carbocycles. The fourth-order valence-electron chi connectivity index (χ4n) is 5.40. The first-order valence-corrected chi connectivity index (χ1v) is 14.1. The minimum absolute atomic E-state index is 0.00111. The number of thioether (sulfide) groups is 1. The number of hydrogen-bond donors (Lipinski definition) is 1. The van der Waals surface area contributed by atoms with Crippen molar-refractivity contribution in [1.82, 2.24) is 14.2 Å². The smallest absolute Gasteiger partial charge is 0.410 e. The summed E-state index contributed by atoms with van der Waals surface area (Å²) in [7, 11) is 0. The van der Waals surface area contributed by atoms with Crippen molar-refractivity contribution in [2.75, 3.05) is 19.8 Å². The molecule has 2 saturated heterocycles. The number of rotatable bonds is 11. The monoisotopic (exact) mass is 547 g/mol. The van der Waals surface area contributed by atoms with E-state index in [1.54, 1.807) is 24.1 Å². The summed E-state index contributed by atoms with van der Waals surface area (Å²) in [4.78, 5) is 44.0. The second-order valence-corrected chi connectivity index (χ2v) is 11.8. The maximum Gasteiger partial charge on any atom is 0.410 e. The first kappa shape index (κ1) is 27.4. The first-order chi connectivity index (χ1) is 17.8. The van der Waals surface area contributed by atoms with Crippen LogP contribution in [0.5, 0.6) is 0 Å². The fourth-order valence-corrected chi connectivity index (χ4v) is 7.55. The van der Waals surface area contributed by atoms with Crippen molar-refractivity contribution in [3.63, 3.8) is 0 Å². The molecule has 2 amide bonds. The molecule has 4 rings (SSSR count). The van der Waals surface area contributed by atoms with Gasteiger partial charge in [0.15, 0.2) is 0 Å². The highest BCUT2D eigenvalue weighted by Crippen LogP contribution is 2.52. The summed E-state index contributed by atoms with van der Waals surface area (Å²) >= 11 is 2.98. The number of amides is 2. The van der Waals surface area contributed by atoms with E-state index >= 15 is 0 Å². The van der Waals surface area contributed by atoms with Gasteiger partial charge in [0.1, 0.15) is 18.9 Å². The highest BCUT2D eigenvalue weighted by atomic mass is 32.2. The van der Waals surface area contributed by atoms with Crippen LogP contribution in [0.15, 0.2) is 48.2 Å². The minimum Gasteiger partial charge on any atom is -0.457 e. The molecule has 0 unspecified atom stereocenters. The molecular formula is C26H33N3O6S2. The van der Waals surface area contributed by atoms with E-state index < -0.39 is 18.0 Å². The lowest BCUT2D eigenvalue weighted by atomic mass is 9.79. The molecule has 1 N–H and O–H groups in total. The Balaban J connectivity index is 1.55. The number of nitrogens with zero attached hydrogens (tertiary/aromatic N) is 3. The third kappa shape index (κ3) is 5.49. The van der Waals surface area contributed by atoms with E-state index in [9.17, 15) is 19.5 Å². The van der Waals surface area contributed by atoms with E-state index in [1.165, 1.54) is 34.3 Å². The Hall–Kier alpha value is -2.63. The molecule has 200 valence electrons. The molecule has 0 spiro atoms. The number of aryl methyl sites for hydroxylation is 1. The van der Waals surface area contributed by atoms with E-state index in [2.05, 4.69) is 17.5 Å². The van der Waals surface area contributed by atoms with Gasteiger partial charge in [-0.25, -0.2) is 14.0 Å². The van der Waals surface area contributed by atoms with E-state index in [0.717, 1.165) is 29.0 Å². The molecule has 0 aromatic carbocycles. The van der Waals surface area contributed by atoms with Gasteiger partial charge in [-0.05, 0) is 43.8 Å². The predicted molar refractivity (Wildman–Crippen MR) is 142 cm³/mol. The van der Waals surface area contributed by atoms with Gasteiger partial charge in [-0.15, -0.1) is 11.8 Å². The molecule has 0 bridgehead atoms. The van der Waals surface area contributed by atoms with Gasteiger partial charge < -0.3 is 24.4 Å². The van der Waals surface area contributed by atoms with Crippen molar-refractivity contribution in [2.24, 2.45) is 11.8 Å². The molecular weight excluding hydrogens is 514 g/mol. The number of likely N-dealkylation sites (tertiary alicyclic amines) is 1. The van der Waals surface area contributed by atoms with Crippen LogP contribution < -0.4 is 0 Å². The summed E-state index contributed by atoms with van der Waals surface area (Å²) in [5, 5.41) is 10.2. The number of aromatic nitrogens is 1. The van der Waals surface area contributed by atoms with Crippen LogP contribution in [0.1, 0.15) is 31.6 Å². The zero-order valence-electron chi connectivity index (χ0n) is 21.1. The molecule has 0 radical (unpaired) electrons. The van der Waals surface area contributed by atoms with Gasteiger partial charge in [0.05, 0.1) is 18.1 Å². The van der Waals surface area contributed by atoms with Gasteiger partial charge in [0.25, 0.3) is 0 Å². The summed E-state index contributed by atoms with van der Waals surface area (Å²) in [6.07, 6.45) is 5.88. The Morgan fingerprint density at radius 1 is 1.32 bits per heavy atom. The maximum atomic E-state index is 13.0. The van der Waals surface area contributed by atoms with E-state index in [-0.39, 0.29) is 54.2 Å². The van der Waals surface area contributed by atoms with Gasteiger partial charge in [-0.2, -0.15) is 0 Å². The Morgan fingerprint density at radius 3 is 2.70 bits per heavy atom. The molecule has 9 nitrogen and oxygen atoms in total. The van der Waals surface area contributed by atoms with Crippen molar-refractivity contribution >= 4 is 41.3 Å². The highest BCUT2D eigenvalue weighted by molar-refractivity contribution is 8.03. The zero-order chi connectivity index (χ0) is 26.7. The van der Waals surface area contributed by atoms with Crippen LogP contribution in [-0.4, -0.2) is 80.4 Å². The highest BCUT2D eigenvalue weighted by Gasteiger charge is 2.60. The lowest BCUT2D eigenvalue weighted by Crippen LogP contribution is -2.63. The van der Waals surface area contributed by atoms with Crippen LogP contribution in [0.25, 0.3) is 0 Å². The lowest BCUT2D eigenvalue weighted by Gasteiger charge is -2.46. The van der Waals surface area contributed by atoms with E-state index in [0.29, 0.717) is 6.54 Å². The standard InChI is InChI=1S/C26H33N3O6S2/c1-5-11-34-25(32)22-23(15(3)21-20(16(4)30)24(31)29(21)22)36-19-13-17(7-8-18-9-10-27-37-18)28(14-19)26(33)35-12-6-2/h5-6,9-10,15-17,19-21,30H,1-2,7-8,11-14H2,3-4H3/t15-,16-,17-,19+,20-,21-/m1/s1. The summed E-state index contributed by atoms with van der Waals surface area (Å²) in [6, 6.07) is 1.66. The second-order valence-electron chi connectivity index (χ2n) is 9.52. The van der Waals surface area contributed by atoms with Gasteiger partial charge >= 0.3 is 12.1 Å². The molecule has 37 heavy (non-hydrogen) atoms. The van der Waals surface area contributed by atoms with Gasteiger partial charge in [-0.3, -0.25) is 4.79 Å². The second kappa shape index (κ2) is 11.8. The molecule has 6 atom stereocenters. The summed E-state index contributed by atoms with van der Waals surface area (Å²) in [5.74, 6) is -1.55. The van der Waals surface area contributed by atoms with Gasteiger partial charge in [-0.1, -0.05) is 32.2 Å². The molecule has 0 saturated carbocycles. The van der Waals surface area contributed by atoms with Crippen LogP contribution in [0, 0.1) is 11.8 Å². The van der Waals surface area contributed by atoms with Crippen molar-refractivity contribution in [1.29, 1.82) is 0 Å². The minimum atomic E-state index is -0.816.